The summed E-state index contributed by atoms with van der Waals surface area (Å²) in [5.74, 6) is -0.769. The van der Waals surface area contributed by atoms with Crippen LogP contribution in [0.5, 0.6) is 0 Å². The molecule has 1 fully saturated rings. The Morgan fingerprint density at radius 1 is 1.32 bits per heavy atom. The number of carboxylic acids is 1. The molecule has 0 saturated carbocycles. The molecule has 1 aromatic rings. The van der Waals surface area contributed by atoms with E-state index >= 15 is 0 Å². The quantitative estimate of drug-likeness (QED) is 0.826. The van der Waals surface area contributed by atoms with Crippen LogP contribution in [0.4, 0.5) is 5.69 Å². The molecule has 2 rings (SSSR count). The summed E-state index contributed by atoms with van der Waals surface area (Å²) >= 11 is 0. The van der Waals surface area contributed by atoms with Crippen LogP contribution in [0, 0.1) is 0 Å². The molecular formula is C15H22N2O2. The van der Waals surface area contributed by atoms with Gasteiger partial charge in [-0.25, -0.2) is 0 Å². The van der Waals surface area contributed by atoms with Gasteiger partial charge in [0, 0.05) is 24.8 Å². The first-order chi connectivity index (χ1) is 9.20. The number of hydrogen-bond acceptors (Lipinski definition) is 3. The van der Waals surface area contributed by atoms with Gasteiger partial charge in [0.15, 0.2) is 0 Å². The van der Waals surface area contributed by atoms with Gasteiger partial charge >= 0.3 is 5.97 Å². The molecule has 1 saturated heterocycles. The van der Waals surface area contributed by atoms with E-state index in [1.165, 1.54) is 18.5 Å². The third kappa shape index (κ3) is 3.70. The molecule has 0 amide bonds. The second-order valence-electron chi connectivity index (χ2n) is 4.99. The van der Waals surface area contributed by atoms with E-state index in [0.717, 1.165) is 25.2 Å². The zero-order chi connectivity index (χ0) is 13.7. The minimum Gasteiger partial charge on any atom is -0.481 e. The van der Waals surface area contributed by atoms with Gasteiger partial charge in [0.2, 0.25) is 0 Å². The Hall–Kier alpha value is -1.55. The minimum atomic E-state index is -0.769. The second-order valence-corrected chi connectivity index (χ2v) is 4.99. The van der Waals surface area contributed by atoms with E-state index in [0.29, 0.717) is 0 Å². The van der Waals surface area contributed by atoms with E-state index in [1.54, 1.807) is 0 Å². The van der Waals surface area contributed by atoms with Crippen LogP contribution in [0.3, 0.4) is 0 Å². The molecule has 0 aromatic heterocycles. The number of aliphatic carboxylic acids is 1. The van der Waals surface area contributed by atoms with Gasteiger partial charge in [0.1, 0.15) is 0 Å². The Labute approximate surface area is 114 Å². The highest BCUT2D eigenvalue weighted by molar-refractivity contribution is 5.68. The predicted molar refractivity (Wildman–Crippen MR) is 76.6 cm³/mol. The smallest absolute Gasteiger partial charge is 0.305 e. The number of benzene rings is 1. The van der Waals surface area contributed by atoms with Gasteiger partial charge in [-0.15, -0.1) is 0 Å². The molecule has 19 heavy (non-hydrogen) atoms. The average molecular weight is 262 g/mol. The summed E-state index contributed by atoms with van der Waals surface area (Å²) in [5, 5.41) is 12.2. The lowest BCUT2D eigenvalue weighted by atomic mass is 10.0. The Morgan fingerprint density at radius 3 is 2.47 bits per heavy atom. The van der Waals surface area contributed by atoms with Gasteiger partial charge in [0.05, 0.1) is 6.42 Å². The van der Waals surface area contributed by atoms with Crippen molar-refractivity contribution in [3.05, 3.63) is 29.8 Å². The Kier molecular flexibility index (Phi) is 4.80. The van der Waals surface area contributed by atoms with Crippen molar-refractivity contribution in [3.63, 3.8) is 0 Å². The Balaban J connectivity index is 2.07. The van der Waals surface area contributed by atoms with Crippen LogP contribution in [0.25, 0.3) is 0 Å². The summed E-state index contributed by atoms with van der Waals surface area (Å²) in [6, 6.07) is 8.20. The van der Waals surface area contributed by atoms with Crippen LogP contribution in [0.2, 0.25) is 0 Å². The molecule has 0 bridgehead atoms. The molecule has 0 aliphatic carbocycles. The average Bonchev–Trinajstić information content (AvgIpc) is 2.92. The first-order valence-electron chi connectivity index (χ1n) is 7.00. The van der Waals surface area contributed by atoms with Gasteiger partial charge in [-0.1, -0.05) is 19.1 Å². The highest BCUT2D eigenvalue weighted by atomic mass is 16.4. The molecule has 1 aromatic carbocycles. The molecule has 0 radical (unpaired) electrons. The Morgan fingerprint density at radius 2 is 1.95 bits per heavy atom. The number of rotatable bonds is 6. The molecular weight excluding hydrogens is 240 g/mol. The van der Waals surface area contributed by atoms with Crippen molar-refractivity contribution in [2.24, 2.45) is 0 Å². The van der Waals surface area contributed by atoms with Crippen molar-refractivity contribution in [3.8, 4) is 0 Å². The number of nitrogens with one attached hydrogen (secondary N) is 1. The first kappa shape index (κ1) is 13.9. The fourth-order valence-corrected chi connectivity index (χ4v) is 2.62. The maximum atomic E-state index is 10.9. The van der Waals surface area contributed by atoms with Crippen LogP contribution < -0.4 is 10.2 Å². The predicted octanol–water partition coefficient (Wildman–Crippen LogP) is 2.41. The zero-order valence-corrected chi connectivity index (χ0v) is 11.4. The molecule has 4 heteroatoms. The lowest BCUT2D eigenvalue weighted by Crippen LogP contribution is -2.23. The van der Waals surface area contributed by atoms with E-state index in [-0.39, 0.29) is 12.5 Å². The van der Waals surface area contributed by atoms with Gasteiger partial charge in [-0.2, -0.15) is 0 Å². The van der Waals surface area contributed by atoms with Gasteiger partial charge in [0.25, 0.3) is 0 Å². The highest BCUT2D eigenvalue weighted by Crippen LogP contribution is 2.24. The molecule has 1 unspecified atom stereocenters. The number of nitrogens with zero attached hydrogens (tertiary/aromatic N) is 1. The summed E-state index contributed by atoms with van der Waals surface area (Å²) in [5.41, 5.74) is 2.29. The molecule has 1 heterocycles. The lowest BCUT2D eigenvalue weighted by Gasteiger charge is -2.20. The molecule has 1 aliphatic heterocycles. The number of carbonyl (C=O) groups is 1. The van der Waals surface area contributed by atoms with Gasteiger partial charge < -0.3 is 15.3 Å². The van der Waals surface area contributed by atoms with Gasteiger partial charge in [-0.05, 0) is 37.1 Å². The maximum absolute atomic E-state index is 10.9. The molecule has 0 spiro atoms. The normalized spacial score (nSPS) is 16.6. The largest absolute Gasteiger partial charge is 0.481 e. The topological polar surface area (TPSA) is 52.6 Å². The summed E-state index contributed by atoms with van der Waals surface area (Å²) in [4.78, 5) is 13.3. The van der Waals surface area contributed by atoms with Crippen LogP contribution in [0.1, 0.15) is 37.8 Å². The molecule has 1 atom stereocenters. The standard InChI is InChI=1S/C15H22N2O2/c1-2-16-14(11-15(18)19)12-5-7-13(8-6-12)17-9-3-4-10-17/h5-8,14,16H,2-4,9-11H2,1H3,(H,18,19). The van der Waals surface area contributed by atoms with Crippen LogP contribution in [-0.2, 0) is 4.79 Å². The maximum Gasteiger partial charge on any atom is 0.305 e. The lowest BCUT2D eigenvalue weighted by molar-refractivity contribution is -0.137. The van der Waals surface area contributed by atoms with Crippen LogP contribution in [0.15, 0.2) is 24.3 Å². The fraction of sp³-hybridized carbons (Fsp3) is 0.533. The first-order valence-corrected chi connectivity index (χ1v) is 7.00. The molecule has 1 aliphatic rings. The molecule has 104 valence electrons. The molecule has 4 nitrogen and oxygen atoms in total. The number of hydrogen-bond donors (Lipinski definition) is 2. The minimum absolute atomic E-state index is 0.102. The summed E-state index contributed by atoms with van der Waals surface area (Å²) in [7, 11) is 0. The number of carboxylic acid groups (broad SMARTS) is 1. The summed E-state index contributed by atoms with van der Waals surface area (Å²) in [6.45, 7) is 5.02. The SMILES string of the molecule is CCNC(CC(=O)O)c1ccc(N2CCCC2)cc1. The summed E-state index contributed by atoms with van der Waals surface area (Å²) in [6.07, 6.45) is 2.65. The number of anilines is 1. The summed E-state index contributed by atoms with van der Waals surface area (Å²) < 4.78 is 0. The molecule has 2 N–H and O–H groups in total. The van der Waals surface area contributed by atoms with Crippen LogP contribution in [-0.4, -0.2) is 30.7 Å². The monoisotopic (exact) mass is 262 g/mol. The highest BCUT2D eigenvalue weighted by Gasteiger charge is 2.16. The van der Waals surface area contributed by atoms with E-state index in [2.05, 4.69) is 22.3 Å². The van der Waals surface area contributed by atoms with Crippen molar-refractivity contribution >= 4 is 11.7 Å². The van der Waals surface area contributed by atoms with Crippen molar-refractivity contribution in [2.75, 3.05) is 24.5 Å². The van der Waals surface area contributed by atoms with Crippen molar-refractivity contribution < 1.29 is 9.90 Å². The third-order valence-electron chi connectivity index (χ3n) is 3.60. The van der Waals surface area contributed by atoms with Crippen LogP contribution >= 0.6 is 0 Å². The fourth-order valence-electron chi connectivity index (χ4n) is 2.62. The van der Waals surface area contributed by atoms with Crippen molar-refractivity contribution in [2.45, 2.75) is 32.2 Å². The van der Waals surface area contributed by atoms with Crippen molar-refractivity contribution in [1.82, 2.24) is 5.32 Å². The van der Waals surface area contributed by atoms with Crippen molar-refractivity contribution in [1.29, 1.82) is 0 Å². The van der Waals surface area contributed by atoms with E-state index < -0.39 is 5.97 Å². The third-order valence-corrected chi connectivity index (χ3v) is 3.60. The Bertz CT molecular complexity index is 411. The second kappa shape index (κ2) is 6.57. The van der Waals surface area contributed by atoms with E-state index in [1.807, 2.05) is 19.1 Å². The van der Waals surface area contributed by atoms with E-state index in [9.17, 15) is 4.79 Å². The van der Waals surface area contributed by atoms with E-state index in [4.69, 9.17) is 5.11 Å². The van der Waals surface area contributed by atoms with Gasteiger partial charge in [-0.3, -0.25) is 4.79 Å². The zero-order valence-electron chi connectivity index (χ0n) is 11.4.